The molecule has 2 N–H and O–H groups in total. The van der Waals surface area contributed by atoms with Gasteiger partial charge in [0, 0.05) is 19.3 Å². The second-order valence-corrected chi connectivity index (χ2v) is 5.02. The van der Waals surface area contributed by atoms with Gasteiger partial charge in [0.05, 0.1) is 5.02 Å². The van der Waals surface area contributed by atoms with Gasteiger partial charge >= 0.3 is 0 Å². The van der Waals surface area contributed by atoms with Crippen LogP contribution in [-0.4, -0.2) is 19.3 Å². The fraction of sp³-hybridized carbons (Fsp3) is 0.538. The molecule has 17 heavy (non-hydrogen) atoms. The van der Waals surface area contributed by atoms with E-state index in [-0.39, 0.29) is 16.9 Å². The molecule has 0 spiro atoms. The zero-order valence-corrected chi connectivity index (χ0v) is 10.4. The van der Waals surface area contributed by atoms with Gasteiger partial charge in [-0.1, -0.05) is 23.7 Å². The monoisotopic (exact) mass is 257 g/mol. The van der Waals surface area contributed by atoms with Crippen LogP contribution in [0.3, 0.4) is 0 Å². The number of halogens is 2. The Labute approximate surface area is 106 Å². The quantitative estimate of drug-likeness (QED) is 0.900. The summed E-state index contributed by atoms with van der Waals surface area (Å²) in [7, 11) is 0. The Morgan fingerprint density at radius 1 is 1.53 bits per heavy atom. The Bertz CT molecular complexity index is 380. The van der Waals surface area contributed by atoms with Gasteiger partial charge in [-0.2, -0.15) is 0 Å². The number of hydrogen-bond donors (Lipinski definition) is 1. The standard InChI is InChI=1S/C13H17ClFNO/c14-13-10(2-1-3-12(13)15)7-11(16)6-9-4-5-17-8-9/h1-3,9,11H,4-8,16H2. The van der Waals surface area contributed by atoms with Crippen LogP contribution in [0.1, 0.15) is 18.4 Å². The van der Waals surface area contributed by atoms with Gasteiger partial charge in [0.25, 0.3) is 0 Å². The van der Waals surface area contributed by atoms with Crippen LogP contribution >= 0.6 is 11.6 Å². The van der Waals surface area contributed by atoms with E-state index in [2.05, 4.69) is 0 Å². The van der Waals surface area contributed by atoms with Crippen molar-refractivity contribution >= 4 is 11.6 Å². The van der Waals surface area contributed by atoms with Gasteiger partial charge in [-0.25, -0.2) is 4.39 Å². The summed E-state index contributed by atoms with van der Waals surface area (Å²) in [6.07, 6.45) is 2.60. The van der Waals surface area contributed by atoms with Crippen LogP contribution in [0.5, 0.6) is 0 Å². The highest BCUT2D eigenvalue weighted by Gasteiger charge is 2.19. The highest BCUT2D eigenvalue weighted by atomic mass is 35.5. The molecule has 0 aromatic heterocycles. The molecule has 1 aromatic carbocycles. The predicted octanol–water partition coefficient (Wildman–Crippen LogP) is 2.78. The average molecular weight is 258 g/mol. The fourth-order valence-corrected chi connectivity index (χ4v) is 2.47. The minimum atomic E-state index is -0.374. The molecule has 1 fully saturated rings. The topological polar surface area (TPSA) is 35.2 Å². The molecular weight excluding hydrogens is 241 g/mol. The van der Waals surface area contributed by atoms with Gasteiger partial charge in [0.15, 0.2) is 0 Å². The first-order valence-corrected chi connectivity index (χ1v) is 6.31. The lowest BCUT2D eigenvalue weighted by atomic mass is 9.95. The van der Waals surface area contributed by atoms with E-state index in [0.717, 1.165) is 31.6 Å². The molecule has 4 heteroatoms. The molecule has 2 atom stereocenters. The van der Waals surface area contributed by atoms with Crippen molar-refractivity contribution in [1.82, 2.24) is 0 Å². The van der Waals surface area contributed by atoms with E-state index in [4.69, 9.17) is 22.1 Å². The van der Waals surface area contributed by atoms with Crippen molar-refractivity contribution in [2.45, 2.75) is 25.3 Å². The Balaban J connectivity index is 1.93. The first kappa shape index (κ1) is 12.8. The second-order valence-electron chi connectivity index (χ2n) is 4.64. The van der Waals surface area contributed by atoms with Gasteiger partial charge in [-0.05, 0) is 36.8 Å². The minimum Gasteiger partial charge on any atom is -0.381 e. The number of benzene rings is 1. The van der Waals surface area contributed by atoms with Gasteiger partial charge in [-0.3, -0.25) is 0 Å². The van der Waals surface area contributed by atoms with Crippen LogP contribution in [0.2, 0.25) is 5.02 Å². The van der Waals surface area contributed by atoms with E-state index in [1.54, 1.807) is 6.07 Å². The maximum absolute atomic E-state index is 13.2. The first-order chi connectivity index (χ1) is 8.16. The lowest BCUT2D eigenvalue weighted by molar-refractivity contribution is 0.182. The minimum absolute atomic E-state index is 0.0148. The van der Waals surface area contributed by atoms with Gasteiger partial charge in [0.2, 0.25) is 0 Å². The number of rotatable bonds is 4. The highest BCUT2D eigenvalue weighted by molar-refractivity contribution is 6.31. The first-order valence-electron chi connectivity index (χ1n) is 5.93. The van der Waals surface area contributed by atoms with Crippen molar-refractivity contribution < 1.29 is 9.13 Å². The van der Waals surface area contributed by atoms with Crippen LogP contribution in [0, 0.1) is 11.7 Å². The maximum atomic E-state index is 13.2. The maximum Gasteiger partial charge on any atom is 0.142 e. The second kappa shape index (κ2) is 5.80. The Morgan fingerprint density at radius 3 is 3.06 bits per heavy atom. The fourth-order valence-electron chi connectivity index (χ4n) is 2.27. The molecule has 1 aliphatic heterocycles. The molecule has 0 saturated carbocycles. The molecule has 1 aliphatic rings. The largest absolute Gasteiger partial charge is 0.381 e. The molecule has 0 aliphatic carbocycles. The van der Waals surface area contributed by atoms with E-state index in [1.807, 2.05) is 6.07 Å². The zero-order chi connectivity index (χ0) is 12.3. The molecule has 1 heterocycles. The van der Waals surface area contributed by atoms with Gasteiger partial charge < -0.3 is 10.5 Å². The van der Waals surface area contributed by atoms with Crippen molar-refractivity contribution in [3.05, 3.63) is 34.6 Å². The summed E-state index contributed by atoms with van der Waals surface area (Å²) >= 11 is 5.90. The Hall–Kier alpha value is -0.640. The SMILES string of the molecule is NC(Cc1cccc(F)c1Cl)CC1CCOC1. The summed E-state index contributed by atoms with van der Waals surface area (Å²) in [6.45, 7) is 1.63. The van der Waals surface area contributed by atoms with Crippen molar-refractivity contribution in [3.8, 4) is 0 Å². The molecule has 0 radical (unpaired) electrons. The molecule has 1 saturated heterocycles. The molecule has 0 amide bonds. The molecular formula is C13H17ClFNO. The summed E-state index contributed by atoms with van der Waals surface area (Å²) in [4.78, 5) is 0. The number of ether oxygens (including phenoxy) is 1. The summed E-state index contributed by atoms with van der Waals surface area (Å²) in [5.41, 5.74) is 6.86. The Morgan fingerprint density at radius 2 is 2.35 bits per heavy atom. The molecule has 2 nitrogen and oxygen atoms in total. The average Bonchev–Trinajstić information content (AvgIpc) is 2.77. The molecule has 0 bridgehead atoms. The lowest BCUT2D eigenvalue weighted by Crippen LogP contribution is -2.26. The number of nitrogens with two attached hydrogens (primary N) is 1. The van der Waals surface area contributed by atoms with Gasteiger partial charge in [0.1, 0.15) is 5.82 Å². The number of hydrogen-bond acceptors (Lipinski definition) is 2. The van der Waals surface area contributed by atoms with Crippen LogP contribution in [-0.2, 0) is 11.2 Å². The van der Waals surface area contributed by atoms with Crippen molar-refractivity contribution in [2.75, 3.05) is 13.2 Å². The molecule has 94 valence electrons. The van der Waals surface area contributed by atoms with Crippen LogP contribution in [0.4, 0.5) is 4.39 Å². The predicted molar refractivity (Wildman–Crippen MR) is 66.6 cm³/mol. The van der Waals surface area contributed by atoms with Crippen molar-refractivity contribution in [1.29, 1.82) is 0 Å². The van der Waals surface area contributed by atoms with E-state index in [0.29, 0.717) is 12.3 Å². The smallest absolute Gasteiger partial charge is 0.142 e. The van der Waals surface area contributed by atoms with E-state index < -0.39 is 0 Å². The summed E-state index contributed by atoms with van der Waals surface area (Å²) in [5.74, 6) is 0.165. The summed E-state index contributed by atoms with van der Waals surface area (Å²) < 4.78 is 18.6. The zero-order valence-electron chi connectivity index (χ0n) is 9.66. The third-order valence-corrected chi connectivity index (χ3v) is 3.60. The van der Waals surface area contributed by atoms with E-state index in [9.17, 15) is 4.39 Å². The van der Waals surface area contributed by atoms with Crippen molar-refractivity contribution in [2.24, 2.45) is 11.7 Å². The van der Waals surface area contributed by atoms with Crippen LogP contribution in [0.25, 0.3) is 0 Å². The summed E-state index contributed by atoms with van der Waals surface area (Å²) in [5, 5.41) is 0.200. The van der Waals surface area contributed by atoms with Crippen LogP contribution in [0.15, 0.2) is 18.2 Å². The van der Waals surface area contributed by atoms with Gasteiger partial charge in [-0.15, -0.1) is 0 Å². The summed E-state index contributed by atoms with van der Waals surface area (Å²) in [6, 6.07) is 4.88. The third-order valence-electron chi connectivity index (χ3n) is 3.17. The molecule has 1 aromatic rings. The third kappa shape index (κ3) is 3.41. The normalized spacial score (nSPS) is 21.7. The molecule has 2 unspecified atom stereocenters. The van der Waals surface area contributed by atoms with E-state index >= 15 is 0 Å². The highest BCUT2D eigenvalue weighted by Crippen LogP contribution is 2.23. The Kier molecular flexibility index (Phi) is 4.37. The van der Waals surface area contributed by atoms with Crippen LogP contribution < -0.4 is 5.73 Å². The lowest BCUT2D eigenvalue weighted by Gasteiger charge is -2.16. The molecule has 2 rings (SSSR count). The van der Waals surface area contributed by atoms with E-state index in [1.165, 1.54) is 6.07 Å². The van der Waals surface area contributed by atoms with Crippen molar-refractivity contribution in [3.63, 3.8) is 0 Å².